The zero-order valence-corrected chi connectivity index (χ0v) is 29.4. The normalized spacial score (nSPS) is 25.0. The number of pyridine rings is 1. The number of oxazole rings is 1. The van der Waals surface area contributed by atoms with Gasteiger partial charge in [-0.2, -0.15) is 0 Å². The van der Waals surface area contributed by atoms with Crippen LogP contribution in [0.2, 0.25) is 0 Å². The van der Waals surface area contributed by atoms with Crippen molar-refractivity contribution in [2.24, 2.45) is 11.8 Å². The van der Waals surface area contributed by atoms with Gasteiger partial charge in [-0.3, -0.25) is 14.9 Å². The second-order valence-corrected chi connectivity index (χ2v) is 13.2. The Balaban J connectivity index is 1.32. The number of fused-ring (bicyclic) bond motifs is 4. The number of aromatic nitrogens is 2. The molecule has 1 fully saturated rings. The number of aliphatic hydroxyl groups excluding tert-OH is 1. The second-order valence-electron chi connectivity index (χ2n) is 13.2. The number of amides is 3. The molecule has 0 radical (unpaired) electrons. The molecule has 13 nitrogen and oxygen atoms in total. The van der Waals surface area contributed by atoms with Crippen LogP contribution in [-0.4, -0.2) is 88.0 Å². The number of carbonyl (C=O) groups is 4. The summed E-state index contributed by atoms with van der Waals surface area (Å²) in [5, 5.41) is 16.6. The Morgan fingerprint density at radius 2 is 1.98 bits per heavy atom. The maximum Gasteiger partial charge on any atom is 0.412 e. The lowest BCUT2D eigenvalue weighted by Gasteiger charge is -2.30. The molecule has 1 saturated heterocycles. The Bertz CT molecular complexity index is 1840. The molecule has 3 N–H and O–H groups in total. The fourth-order valence-electron chi connectivity index (χ4n) is 6.21. The molecule has 1 aromatic carbocycles. The Labute approximate surface area is 301 Å². The Morgan fingerprint density at radius 3 is 2.81 bits per heavy atom. The quantitative estimate of drug-likeness (QED) is 0.309. The fourth-order valence-corrected chi connectivity index (χ4v) is 6.21. The highest BCUT2D eigenvalue weighted by Crippen LogP contribution is 2.26. The number of hydrogen-bond donors (Lipinski definition) is 3. The van der Waals surface area contributed by atoms with Gasteiger partial charge in [0.15, 0.2) is 11.6 Å². The molecular formula is C38H44FN5O8. The first-order chi connectivity index (χ1) is 25.0. The first kappa shape index (κ1) is 37.9. The second kappa shape index (κ2) is 17.7. The van der Waals surface area contributed by atoms with Gasteiger partial charge in [0.1, 0.15) is 30.4 Å². The Morgan fingerprint density at radius 1 is 1.17 bits per heavy atom. The number of allylic oxidation sites excluding steroid dienone is 2. The van der Waals surface area contributed by atoms with E-state index < -0.39 is 60.1 Å². The summed E-state index contributed by atoms with van der Waals surface area (Å²) in [6.07, 6.45) is 5.18. The number of aliphatic hydroxyl groups is 1. The molecule has 0 spiro atoms. The molecule has 3 amide bonds. The van der Waals surface area contributed by atoms with Crippen LogP contribution in [0, 0.1) is 11.8 Å². The number of cyclic esters (lactones) is 1. The van der Waals surface area contributed by atoms with Crippen LogP contribution in [0.1, 0.15) is 56.4 Å². The van der Waals surface area contributed by atoms with Gasteiger partial charge in [-0.05, 0) is 44.0 Å². The van der Waals surface area contributed by atoms with Crippen LogP contribution in [0.5, 0.6) is 0 Å². The van der Waals surface area contributed by atoms with Gasteiger partial charge in [0.05, 0.1) is 24.6 Å². The molecule has 0 aliphatic carbocycles. The van der Waals surface area contributed by atoms with Gasteiger partial charge >= 0.3 is 12.1 Å². The number of anilines is 1. The summed E-state index contributed by atoms with van der Waals surface area (Å²) in [7, 11) is 0. The number of hydrogen-bond acceptors (Lipinski definition) is 10. The van der Waals surface area contributed by atoms with Crippen LogP contribution in [-0.2, 0) is 25.5 Å². The van der Waals surface area contributed by atoms with E-state index in [4.69, 9.17) is 13.9 Å². The summed E-state index contributed by atoms with van der Waals surface area (Å²) >= 11 is 0. The van der Waals surface area contributed by atoms with Crippen molar-refractivity contribution < 1.29 is 42.6 Å². The van der Waals surface area contributed by atoms with E-state index in [0.29, 0.717) is 29.7 Å². The molecule has 52 heavy (non-hydrogen) atoms. The van der Waals surface area contributed by atoms with Crippen molar-refractivity contribution in [1.82, 2.24) is 20.2 Å². The zero-order valence-electron chi connectivity index (χ0n) is 29.4. The van der Waals surface area contributed by atoms with Crippen molar-refractivity contribution >= 4 is 40.6 Å². The van der Waals surface area contributed by atoms with Crippen LogP contribution in [0.15, 0.2) is 83.0 Å². The minimum absolute atomic E-state index is 0.00830. The number of rotatable bonds is 4. The molecule has 2 aliphatic heterocycles. The summed E-state index contributed by atoms with van der Waals surface area (Å²) in [5.74, 6) is -2.38. The summed E-state index contributed by atoms with van der Waals surface area (Å²) in [6.45, 7) is 5.57. The van der Waals surface area contributed by atoms with Gasteiger partial charge < -0.3 is 29.2 Å². The number of benzene rings is 1. The van der Waals surface area contributed by atoms with Crippen molar-refractivity contribution in [3.8, 4) is 0 Å². The number of para-hydroxylation sites is 1. The predicted octanol–water partition coefficient (Wildman–Crippen LogP) is 5.08. The van der Waals surface area contributed by atoms with Crippen molar-refractivity contribution in [3.05, 3.63) is 90.2 Å². The van der Waals surface area contributed by atoms with E-state index in [2.05, 4.69) is 20.6 Å². The average Bonchev–Trinajstić information content (AvgIpc) is 3.80. The molecule has 2 bridgehead atoms. The highest BCUT2D eigenvalue weighted by atomic mass is 19.1. The van der Waals surface area contributed by atoms with Crippen molar-refractivity contribution in [3.63, 3.8) is 0 Å². The molecule has 2 aromatic heterocycles. The minimum atomic E-state index is -1.50. The predicted molar refractivity (Wildman–Crippen MR) is 190 cm³/mol. The standard InChI is InChI=1S/C38H44FN5O8/c1-23-8-6-16-40-33(46)15-12-24(2)35(25(3)21-51-38(49)43-32-14-13-26-9-4-5-10-29(26)41-32)52-37(48)31-11-7-17-44(31)36(47)30-22-50-34(42-30)20-27(39)19-28(45)18-23/h4-6,8-10,12-15,18,22,24-25,27-28,31,35,45H,7,11,16-17,19-21H2,1-3H3,(H,40,46)(H,41,43,49)/b8-6?,15-12+,23-18?/t24-,25-,27-,28-,31-,35+/m1/s1. The van der Waals surface area contributed by atoms with E-state index in [1.165, 1.54) is 17.1 Å². The molecule has 5 rings (SSSR count). The molecular weight excluding hydrogens is 673 g/mol. The SMILES string of the molecule is CC1=C[C@@H](O)C[C@@H](F)Cc2nc(co2)C(=O)N2CCC[C@@H]2C(=O)O[C@H]([C@H](C)COC(=O)Nc2ccc3ccccc3n2)[C@H](C)/C=C/C(=O)NCC=C1. The number of esters is 1. The summed E-state index contributed by atoms with van der Waals surface area (Å²) < 4.78 is 31.8. The monoisotopic (exact) mass is 717 g/mol. The number of alkyl halides is 1. The maximum absolute atomic E-state index is 14.8. The van der Waals surface area contributed by atoms with Crippen LogP contribution in [0.4, 0.5) is 15.0 Å². The third kappa shape index (κ3) is 10.3. The smallest absolute Gasteiger partial charge is 0.412 e. The zero-order chi connectivity index (χ0) is 37.2. The summed E-state index contributed by atoms with van der Waals surface area (Å²) in [4.78, 5) is 62.6. The number of nitrogens with zero attached hydrogens (tertiary/aromatic N) is 3. The first-order valence-corrected chi connectivity index (χ1v) is 17.4. The van der Waals surface area contributed by atoms with Crippen molar-refractivity contribution in [2.75, 3.05) is 25.0 Å². The fraction of sp³-hybridized carbons (Fsp3) is 0.421. The largest absolute Gasteiger partial charge is 0.460 e. The highest BCUT2D eigenvalue weighted by molar-refractivity contribution is 5.95. The molecule has 4 heterocycles. The van der Waals surface area contributed by atoms with Gasteiger partial charge in [-0.15, -0.1) is 0 Å². The Kier molecular flexibility index (Phi) is 12.9. The number of nitrogens with one attached hydrogen (secondary N) is 2. The van der Waals surface area contributed by atoms with E-state index in [9.17, 15) is 28.7 Å². The Hall–Kier alpha value is -5.37. The molecule has 3 aromatic rings. The van der Waals surface area contributed by atoms with E-state index in [0.717, 1.165) is 11.6 Å². The third-order valence-corrected chi connectivity index (χ3v) is 8.87. The van der Waals surface area contributed by atoms with E-state index >= 15 is 0 Å². The van der Waals surface area contributed by atoms with Gasteiger partial charge in [0, 0.05) is 36.7 Å². The van der Waals surface area contributed by atoms with E-state index in [-0.39, 0.29) is 44.1 Å². The van der Waals surface area contributed by atoms with Crippen molar-refractivity contribution in [2.45, 2.75) is 70.9 Å². The summed E-state index contributed by atoms with van der Waals surface area (Å²) in [6, 6.07) is 10.0. The van der Waals surface area contributed by atoms with Crippen LogP contribution in [0.25, 0.3) is 10.9 Å². The van der Waals surface area contributed by atoms with Crippen molar-refractivity contribution in [1.29, 1.82) is 0 Å². The minimum Gasteiger partial charge on any atom is -0.460 e. The lowest BCUT2D eigenvalue weighted by molar-refractivity contribution is -0.159. The molecule has 6 atom stereocenters. The van der Waals surface area contributed by atoms with E-state index in [1.54, 1.807) is 45.1 Å². The lowest BCUT2D eigenvalue weighted by Crippen LogP contribution is -2.44. The van der Waals surface area contributed by atoms with E-state index in [1.807, 2.05) is 30.3 Å². The van der Waals surface area contributed by atoms with Gasteiger partial charge in [-0.25, -0.2) is 23.9 Å². The van der Waals surface area contributed by atoms with Crippen LogP contribution in [0.3, 0.4) is 0 Å². The number of carbonyl (C=O) groups excluding carboxylic acids is 4. The van der Waals surface area contributed by atoms with Gasteiger partial charge in [0.25, 0.3) is 5.91 Å². The maximum atomic E-state index is 14.8. The van der Waals surface area contributed by atoms with Crippen LogP contribution < -0.4 is 10.6 Å². The molecule has 2 aliphatic rings. The van der Waals surface area contributed by atoms with Crippen LogP contribution >= 0.6 is 0 Å². The summed E-state index contributed by atoms with van der Waals surface area (Å²) in [5.41, 5.74) is 1.30. The van der Waals surface area contributed by atoms with Gasteiger partial charge in [-0.1, -0.05) is 61.9 Å². The highest BCUT2D eigenvalue weighted by Gasteiger charge is 2.39. The van der Waals surface area contributed by atoms with Gasteiger partial charge in [0.2, 0.25) is 5.91 Å². The average molecular weight is 718 g/mol. The topological polar surface area (TPSA) is 173 Å². The molecule has 14 heteroatoms. The lowest BCUT2D eigenvalue weighted by atomic mass is 9.93. The number of ether oxygens (including phenoxy) is 2. The molecule has 0 unspecified atom stereocenters. The third-order valence-electron chi connectivity index (χ3n) is 8.87. The number of halogens is 1. The first-order valence-electron chi connectivity index (χ1n) is 17.4. The molecule has 0 saturated carbocycles. The molecule has 276 valence electrons.